The Bertz CT molecular complexity index is 571. The van der Waals surface area contributed by atoms with Crippen molar-refractivity contribution >= 4 is 15.9 Å². The lowest BCUT2D eigenvalue weighted by molar-refractivity contribution is 0.367. The number of nitrogens with one attached hydrogen (secondary N) is 1. The summed E-state index contributed by atoms with van der Waals surface area (Å²) < 4.78 is 6.03. The fourth-order valence-electron chi connectivity index (χ4n) is 2.07. The van der Waals surface area contributed by atoms with Crippen LogP contribution in [0.25, 0.3) is 0 Å². The van der Waals surface area contributed by atoms with Gasteiger partial charge in [0.05, 0.1) is 0 Å². The molecule has 20 heavy (non-hydrogen) atoms. The van der Waals surface area contributed by atoms with Crippen molar-refractivity contribution in [3.05, 3.63) is 40.0 Å². The summed E-state index contributed by atoms with van der Waals surface area (Å²) in [5, 5.41) is 17.1. The van der Waals surface area contributed by atoms with Crippen LogP contribution in [-0.4, -0.2) is 21.8 Å². The Morgan fingerprint density at radius 2 is 2.25 bits per heavy atom. The number of hydrogen-bond donors (Lipinski definition) is 2. The van der Waals surface area contributed by atoms with E-state index in [-0.39, 0.29) is 6.04 Å². The zero-order valence-corrected chi connectivity index (χ0v) is 13.1. The third kappa shape index (κ3) is 3.80. The summed E-state index contributed by atoms with van der Waals surface area (Å²) >= 11 is 3.43. The quantitative estimate of drug-likeness (QED) is 0.845. The van der Waals surface area contributed by atoms with E-state index in [1.54, 1.807) is 13.0 Å². The van der Waals surface area contributed by atoms with Gasteiger partial charge in [0.2, 0.25) is 5.89 Å². The molecule has 1 unspecified atom stereocenters. The second-order valence-electron chi connectivity index (χ2n) is 4.60. The minimum atomic E-state index is 0.0940. The first-order valence-corrected chi connectivity index (χ1v) is 7.40. The van der Waals surface area contributed by atoms with E-state index in [4.69, 9.17) is 4.52 Å². The number of hydrogen-bond acceptors (Lipinski definition) is 5. The molecule has 0 spiro atoms. The lowest BCUT2D eigenvalue weighted by Crippen LogP contribution is -2.23. The summed E-state index contributed by atoms with van der Waals surface area (Å²) in [6.45, 7) is 4.59. The van der Waals surface area contributed by atoms with Gasteiger partial charge < -0.3 is 14.9 Å². The van der Waals surface area contributed by atoms with Crippen molar-refractivity contribution in [1.82, 2.24) is 15.5 Å². The highest BCUT2D eigenvalue weighted by Crippen LogP contribution is 2.29. The van der Waals surface area contributed by atoms with Crippen LogP contribution in [0.2, 0.25) is 0 Å². The number of aromatic hydroxyl groups is 1. The Kier molecular flexibility index (Phi) is 5.14. The average Bonchev–Trinajstić information content (AvgIpc) is 2.84. The van der Waals surface area contributed by atoms with Crippen LogP contribution in [0, 0.1) is 6.92 Å². The second kappa shape index (κ2) is 6.85. The van der Waals surface area contributed by atoms with Gasteiger partial charge in [0.15, 0.2) is 5.82 Å². The molecule has 1 heterocycles. The van der Waals surface area contributed by atoms with Gasteiger partial charge in [-0.3, -0.25) is 0 Å². The number of aryl methyl sites for hydroxylation is 1. The maximum Gasteiger partial charge on any atom is 0.227 e. The maximum atomic E-state index is 9.95. The van der Waals surface area contributed by atoms with E-state index in [1.165, 1.54) is 0 Å². The maximum absolute atomic E-state index is 9.95. The molecule has 108 valence electrons. The van der Waals surface area contributed by atoms with Crippen LogP contribution in [0.1, 0.15) is 36.7 Å². The van der Waals surface area contributed by atoms with Crippen LogP contribution in [-0.2, 0) is 6.42 Å². The van der Waals surface area contributed by atoms with Crippen LogP contribution in [0.5, 0.6) is 5.75 Å². The van der Waals surface area contributed by atoms with Crippen LogP contribution in [0.15, 0.2) is 27.2 Å². The predicted octanol–water partition coefficient (Wildman–Crippen LogP) is 3.13. The summed E-state index contributed by atoms with van der Waals surface area (Å²) in [5.41, 5.74) is 0.892. The molecule has 0 aliphatic heterocycles. The van der Waals surface area contributed by atoms with Crippen molar-refractivity contribution < 1.29 is 9.63 Å². The highest BCUT2D eigenvalue weighted by atomic mass is 79.9. The molecule has 2 rings (SSSR count). The fraction of sp³-hybridized carbons (Fsp3) is 0.429. The highest BCUT2D eigenvalue weighted by Gasteiger charge is 2.14. The normalized spacial score (nSPS) is 12.6. The second-order valence-corrected chi connectivity index (χ2v) is 5.52. The first kappa shape index (κ1) is 15.0. The monoisotopic (exact) mass is 339 g/mol. The molecule has 0 aliphatic rings. The summed E-state index contributed by atoms with van der Waals surface area (Å²) in [6.07, 6.45) is 1.55. The molecule has 6 heteroatoms. The van der Waals surface area contributed by atoms with E-state index in [0.717, 1.165) is 16.5 Å². The topological polar surface area (TPSA) is 71.2 Å². The van der Waals surface area contributed by atoms with Gasteiger partial charge in [-0.15, -0.1) is 0 Å². The average molecular weight is 340 g/mol. The summed E-state index contributed by atoms with van der Waals surface area (Å²) in [7, 11) is 0. The number of aromatic nitrogens is 2. The third-order valence-electron chi connectivity index (χ3n) is 3.07. The van der Waals surface area contributed by atoms with Gasteiger partial charge in [-0.25, -0.2) is 0 Å². The lowest BCUT2D eigenvalue weighted by atomic mass is 10.0. The van der Waals surface area contributed by atoms with Crippen molar-refractivity contribution in [2.24, 2.45) is 0 Å². The third-order valence-corrected chi connectivity index (χ3v) is 3.57. The molecular weight excluding hydrogens is 322 g/mol. The molecular formula is C14H18BrN3O2. The highest BCUT2D eigenvalue weighted by molar-refractivity contribution is 9.10. The van der Waals surface area contributed by atoms with E-state index < -0.39 is 0 Å². The SMILES string of the molecule is CCC(NCCc1nc(C)no1)c1cc(Br)ccc1O. The Balaban J connectivity index is 1.96. The van der Waals surface area contributed by atoms with Gasteiger partial charge in [0, 0.05) is 29.0 Å². The zero-order valence-electron chi connectivity index (χ0n) is 11.6. The van der Waals surface area contributed by atoms with Crippen molar-refractivity contribution in [2.75, 3.05) is 6.54 Å². The van der Waals surface area contributed by atoms with Gasteiger partial charge in [0.25, 0.3) is 0 Å². The molecule has 2 aromatic rings. The molecule has 1 aromatic heterocycles. The van der Waals surface area contributed by atoms with Crippen LogP contribution >= 0.6 is 15.9 Å². The molecule has 0 bridgehead atoms. The smallest absolute Gasteiger partial charge is 0.227 e. The number of rotatable bonds is 6. The Hall–Kier alpha value is -1.40. The minimum absolute atomic E-state index is 0.0940. The predicted molar refractivity (Wildman–Crippen MR) is 79.6 cm³/mol. The summed E-state index contributed by atoms with van der Waals surface area (Å²) in [6, 6.07) is 5.56. The van der Waals surface area contributed by atoms with Gasteiger partial charge in [-0.1, -0.05) is 28.0 Å². The molecule has 1 atom stereocenters. The number of phenols is 1. The largest absolute Gasteiger partial charge is 0.508 e. The molecule has 0 radical (unpaired) electrons. The summed E-state index contributed by atoms with van der Waals surface area (Å²) in [5.74, 6) is 1.58. The Labute approximate surface area is 126 Å². The standard InChI is InChI=1S/C14H18BrN3O2/c1-3-12(11-8-10(15)4-5-13(11)19)16-7-6-14-17-9(2)18-20-14/h4-5,8,12,16,19H,3,6-7H2,1-2H3. The number of nitrogens with zero attached hydrogens (tertiary/aromatic N) is 2. The molecule has 0 saturated carbocycles. The first-order chi connectivity index (χ1) is 9.60. The molecule has 0 aliphatic carbocycles. The number of benzene rings is 1. The summed E-state index contributed by atoms with van der Waals surface area (Å²) in [4.78, 5) is 4.16. The van der Waals surface area contributed by atoms with Crippen molar-refractivity contribution in [3.8, 4) is 5.75 Å². The first-order valence-electron chi connectivity index (χ1n) is 6.61. The van der Waals surface area contributed by atoms with Gasteiger partial charge in [-0.05, 0) is 31.5 Å². The van der Waals surface area contributed by atoms with Gasteiger partial charge in [-0.2, -0.15) is 4.98 Å². The Morgan fingerprint density at radius 3 is 2.90 bits per heavy atom. The van der Waals surface area contributed by atoms with Gasteiger partial charge >= 0.3 is 0 Å². The minimum Gasteiger partial charge on any atom is -0.508 e. The van der Waals surface area contributed by atoms with E-state index in [2.05, 4.69) is 38.3 Å². The molecule has 5 nitrogen and oxygen atoms in total. The van der Waals surface area contributed by atoms with Crippen LogP contribution in [0.4, 0.5) is 0 Å². The Morgan fingerprint density at radius 1 is 1.45 bits per heavy atom. The molecule has 1 aromatic carbocycles. The van der Waals surface area contributed by atoms with Crippen molar-refractivity contribution in [3.63, 3.8) is 0 Å². The van der Waals surface area contributed by atoms with Gasteiger partial charge in [0.1, 0.15) is 5.75 Å². The lowest BCUT2D eigenvalue weighted by Gasteiger charge is -2.18. The van der Waals surface area contributed by atoms with Crippen molar-refractivity contribution in [1.29, 1.82) is 0 Å². The zero-order chi connectivity index (χ0) is 14.5. The molecule has 2 N–H and O–H groups in total. The van der Waals surface area contributed by atoms with Crippen molar-refractivity contribution in [2.45, 2.75) is 32.7 Å². The number of phenolic OH excluding ortho intramolecular Hbond substituents is 1. The van der Waals surface area contributed by atoms with Crippen LogP contribution in [0.3, 0.4) is 0 Å². The molecule has 0 fully saturated rings. The van der Waals surface area contributed by atoms with E-state index >= 15 is 0 Å². The fourth-order valence-corrected chi connectivity index (χ4v) is 2.45. The van der Waals surface area contributed by atoms with E-state index in [9.17, 15) is 5.11 Å². The van der Waals surface area contributed by atoms with E-state index in [0.29, 0.717) is 30.4 Å². The van der Waals surface area contributed by atoms with Crippen LogP contribution < -0.4 is 5.32 Å². The number of halogens is 1. The molecule has 0 amide bonds. The van der Waals surface area contributed by atoms with E-state index in [1.807, 2.05) is 12.1 Å². The molecule has 0 saturated heterocycles.